The van der Waals surface area contributed by atoms with Crippen LogP contribution in [0.5, 0.6) is 0 Å². The van der Waals surface area contributed by atoms with E-state index in [-0.39, 0.29) is 28.6 Å². The lowest BCUT2D eigenvalue weighted by Gasteiger charge is -2.07. The predicted molar refractivity (Wildman–Crippen MR) is 69.6 cm³/mol. The molecule has 0 aliphatic carbocycles. The molecular formula is C12H9ClF3N3O2. The molecule has 0 bridgehead atoms. The zero-order valence-corrected chi connectivity index (χ0v) is 11.4. The van der Waals surface area contributed by atoms with E-state index in [0.717, 1.165) is 28.9 Å². The molecule has 5 nitrogen and oxygen atoms in total. The van der Waals surface area contributed by atoms with Crippen LogP contribution in [0, 0.1) is 10.1 Å². The number of benzene rings is 1. The topological polar surface area (TPSA) is 61.0 Å². The van der Waals surface area contributed by atoms with Crippen LogP contribution in [0.3, 0.4) is 0 Å². The van der Waals surface area contributed by atoms with Crippen molar-refractivity contribution in [3.05, 3.63) is 50.8 Å². The van der Waals surface area contributed by atoms with Crippen molar-refractivity contribution in [1.82, 2.24) is 9.78 Å². The van der Waals surface area contributed by atoms with Gasteiger partial charge in [0.05, 0.1) is 16.2 Å². The number of halogens is 4. The van der Waals surface area contributed by atoms with E-state index < -0.39 is 16.7 Å². The molecule has 0 radical (unpaired) electrons. The molecule has 2 rings (SSSR count). The molecule has 9 heteroatoms. The first-order valence-corrected chi connectivity index (χ1v) is 6.23. The molecule has 0 unspecified atom stereocenters. The van der Waals surface area contributed by atoms with Gasteiger partial charge in [0.1, 0.15) is 5.69 Å². The van der Waals surface area contributed by atoms with Gasteiger partial charge in [-0.25, -0.2) is 4.68 Å². The Hall–Kier alpha value is -2.09. The van der Waals surface area contributed by atoms with Crippen LogP contribution in [0.15, 0.2) is 24.3 Å². The van der Waals surface area contributed by atoms with Gasteiger partial charge in [-0.3, -0.25) is 10.1 Å². The Morgan fingerprint density at radius 2 is 1.90 bits per heavy atom. The largest absolute Gasteiger partial charge is 0.416 e. The average molecular weight is 320 g/mol. The standard InChI is InChI=1S/C12H9ClF3N3O2/c1-2-9-10(19(20)21)11(13)18(17-9)8-5-3-7(4-6-8)12(14,15)16/h3-6H,2H2,1H3. The maximum Gasteiger partial charge on any atom is 0.416 e. The molecule has 2 aromatic rings. The smallest absolute Gasteiger partial charge is 0.258 e. The fourth-order valence-corrected chi connectivity index (χ4v) is 2.13. The van der Waals surface area contributed by atoms with E-state index in [1.807, 2.05) is 0 Å². The second-order valence-electron chi connectivity index (χ2n) is 4.15. The summed E-state index contributed by atoms with van der Waals surface area (Å²) < 4.78 is 38.5. The van der Waals surface area contributed by atoms with E-state index in [1.54, 1.807) is 6.92 Å². The van der Waals surface area contributed by atoms with Crippen LogP contribution < -0.4 is 0 Å². The molecule has 0 fully saturated rings. The molecule has 0 saturated carbocycles. The molecule has 0 amide bonds. The van der Waals surface area contributed by atoms with Crippen LogP contribution in [0.1, 0.15) is 18.2 Å². The minimum atomic E-state index is -4.45. The summed E-state index contributed by atoms with van der Waals surface area (Å²) >= 11 is 5.90. The van der Waals surface area contributed by atoms with Gasteiger partial charge in [0.15, 0.2) is 0 Å². The van der Waals surface area contributed by atoms with Crippen molar-refractivity contribution in [1.29, 1.82) is 0 Å². The van der Waals surface area contributed by atoms with Crippen molar-refractivity contribution in [2.75, 3.05) is 0 Å². The van der Waals surface area contributed by atoms with E-state index in [9.17, 15) is 23.3 Å². The zero-order valence-electron chi connectivity index (χ0n) is 10.7. The summed E-state index contributed by atoms with van der Waals surface area (Å²) in [6, 6.07) is 4.05. The SMILES string of the molecule is CCc1nn(-c2ccc(C(F)(F)F)cc2)c(Cl)c1[N+](=O)[O-]. The molecule has 0 spiro atoms. The number of rotatable bonds is 3. The van der Waals surface area contributed by atoms with Crippen LogP contribution in [-0.4, -0.2) is 14.7 Å². The number of hydrogen-bond acceptors (Lipinski definition) is 3. The Morgan fingerprint density at radius 3 is 2.29 bits per heavy atom. The van der Waals surface area contributed by atoms with E-state index in [2.05, 4.69) is 5.10 Å². The molecule has 0 N–H and O–H groups in total. The van der Waals surface area contributed by atoms with Crippen LogP contribution >= 0.6 is 11.6 Å². The lowest BCUT2D eigenvalue weighted by atomic mass is 10.2. The fourth-order valence-electron chi connectivity index (χ4n) is 1.81. The van der Waals surface area contributed by atoms with Crippen molar-refractivity contribution >= 4 is 17.3 Å². The highest BCUT2D eigenvalue weighted by atomic mass is 35.5. The van der Waals surface area contributed by atoms with Crippen molar-refractivity contribution in [3.63, 3.8) is 0 Å². The molecule has 1 aromatic carbocycles. The maximum absolute atomic E-state index is 12.5. The van der Waals surface area contributed by atoms with Crippen molar-refractivity contribution in [2.45, 2.75) is 19.5 Å². The highest BCUT2D eigenvalue weighted by molar-refractivity contribution is 6.32. The Bertz CT molecular complexity index is 680. The third-order valence-electron chi connectivity index (χ3n) is 2.83. The monoisotopic (exact) mass is 319 g/mol. The Balaban J connectivity index is 2.50. The first-order chi connectivity index (χ1) is 9.75. The minimum Gasteiger partial charge on any atom is -0.258 e. The lowest BCUT2D eigenvalue weighted by Crippen LogP contribution is -2.05. The third-order valence-corrected chi connectivity index (χ3v) is 3.17. The van der Waals surface area contributed by atoms with Crippen molar-refractivity contribution in [2.24, 2.45) is 0 Å². The van der Waals surface area contributed by atoms with Gasteiger partial charge in [-0.2, -0.15) is 18.3 Å². The number of aromatic nitrogens is 2. The van der Waals surface area contributed by atoms with E-state index in [1.165, 1.54) is 0 Å². The number of alkyl halides is 3. The number of hydrogen-bond donors (Lipinski definition) is 0. The van der Waals surface area contributed by atoms with Crippen LogP contribution in [0.4, 0.5) is 18.9 Å². The molecule has 0 aliphatic rings. The fraction of sp³-hybridized carbons (Fsp3) is 0.250. The molecule has 0 atom stereocenters. The van der Waals surface area contributed by atoms with Gasteiger partial charge in [0.2, 0.25) is 5.15 Å². The van der Waals surface area contributed by atoms with E-state index in [4.69, 9.17) is 11.6 Å². The van der Waals surface area contributed by atoms with Gasteiger partial charge in [-0.1, -0.05) is 18.5 Å². The van der Waals surface area contributed by atoms with E-state index in [0.29, 0.717) is 0 Å². The molecule has 0 aliphatic heterocycles. The quantitative estimate of drug-likeness (QED) is 0.634. The summed E-state index contributed by atoms with van der Waals surface area (Å²) in [5, 5.41) is 14.7. The van der Waals surface area contributed by atoms with Crippen LogP contribution in [0.25, 0.3) is 5.69 Å². The second-order valence-corrected chi connectivity index (χ2v) is 4.51. The van der Waals surface area contributed by atoms with Gasteiger partial charge in [-0.15, -0.1) is 0 Å². The number of nitro groups is 1. The maximum atomic E-state index is 12.5. The number of aryl methyl sites for hydroxylation is 1. The van der Waals surface area contributed by atoms with Crippen LogP contribution in [-0.2, 0) is 12.6 Å². The van der Waals surface area contributed by atoms with Gasteiger partial charge in [-0.05, 0) is 30.7 Å². The third kappa shape index (κ3) is 2.85. The Labute approximate surface area is 122 Å². The first kappa shape index (κ1) is 15.3. The average Bonchev–Trinajstić information content (AvgIpc) is 2.75. The Morgan fingerprint density at radius 1 is 1.33 bits per heavy atom. The molecule has 21 heavy (non-hydrogen) atoms. The van der Waals surface area contributed by atoms with Crippen molar-refractivity contribution < 1.29 is 18.1 Å². The molecule has 1 aromatic heterocycles. The van der Waals surface area contributed by atoms with Gasteiger partial charge in [0.25, 0.3) is 0 Å². The molecule has 1 heterocycles. The summed E-state index contributed by atoms with van der Waals surface area (Å²) in [5.41, 5.74) is -0.764. The summed E-state index contributed by atoms with van der Waals surface area (Å²) in [6.07, 6.45) is -4.17. The molecule has 112 valence electrons. The van der Waals surface area contributed by atoms with Gasteiger partial charge < -0.3 is 0 Å². The molecule has 0 saturated heterocycles. The zero-order chi connectivity index (χ0) is 15.8. The highest BCUT2D eigenvalue weighted by Gasteiger charge is 2.31. The Kier molecular flexibility index (Phi) is 3.91. The predicted octanol–water partition coefficient (Wildman–Crippen LogP) is 4.02. The van der Waals surface area contributed by atoms with Gasteiger partial charge in [0, 0.05) is 0 Å². The number of nitrogens with zero attached hydrogens (tertiary/aromatic N) is 3. The normalized spacial score (nSPS) is 11.7. The summed E-state index contributed by atoms with van der Waals surface area (Å²) in [4.78, 5) is 10.3. The summed E-state index contributed by atoms with van der Waals surface area (Å²) in [6.45, 7) is 1.67. The summed E-state index contributed by atoms with van der Waals surface area (Å²) in [5.74, 6) is 0. The van der Waals surface area contributed by atoms with Crippen LogP contribution in [0.2, 0.25) is 5.15 Å². The van der Waals surface area contributed by atoms with Crippen molar-refractivity contribution in [3.8, 4) is 5.69 Å². The molecular weight excluding hydrogens is 311 g/mol. The summed E-state index contributed by atoms with van der Waals surface area (Å²) in [7, 11) is 0. The van der Waals surface area contributed by atoms with Gasteiger partial charge >= 0.3 is 11.9 Å². The lowest BCUT2D eigenvalue weighted by molar-refractivity contribution is -0.385. The van der Waals surface area contributed by atoms with E-state index >= 15 is 0 Å². The minimum absolute atomic E-state index is 0.171. The highest BCUT2D eigenvalue weighted by Crippen LogP contribution is 2.33. The second kappa shape index (κ2) is 5.36. The first-order valence-electron chi connectivity index (χ1n) is 5.85.